The van der Waals surface area contributed by atoms with Gasteiger partial charge >= 0.3 is 0 Å². The van der Waals surface area contributed by atoms with Gasteiger partial charge in [0.2, 0.25) is 5.91 Å². The number of piperazine rings is 1. The van der Waals surface area contributed by atoms with E-state index in [-0.39, 0.29) is 0 Å². The number of hydrogen-bond donors (Lipinski definition) is 0. The molecule has 176 valence electrons. The van der Waals surface area contributed by atoms with Crippen molar-refractivity contribution in [1.82, 2.24) is 14.7 Å². The molecule has 0 unspecified atom stereocenters. The summed E-state index contributed by atoms with van der Waals surface area (Å²) in [7, 11) is 0. The fraction of sp³-hybridized carbons (Fsp3) is 0.536. The molecule has 2 heterocycles. The lowest BCUT2D eigenvalue weighted by Gasteiger charge is -2.39. The second-order valence-electron chi connectivity index (χ2n) is 9.73. The number of ether oxygens (including phenoxy) is 1. The molecular formula is C28H37N3O2. The second-order valence-corrected chi connectivity index (χ2v) is 9.73. The molecule has 0 atom stereocenters. The topological polar surface area (TPSA) is 36.0 Å². The van der Waals surface area contributed by atoms with Gasteiger partial charge in [0, 0.05) is 50.9 Å². The van der Waals surface area contributed by atoms with Crippen LogP contribution in [0.5, 0.6) is 5.75 Å². The number of carbonyl (C=O) groups is 1. The first kappa shape index (κ1) is 22.4. The molecule has 0 bridgehead atoms. The smallest absolute Gasteiger partial charge is 0.236 e. The molecule has 2 aromatic carbocycles. The highest BCUT2D eigenvalue weighted by Gasteiger charge is 2.29. The van der Waals surface area contributed by atoms with Crippen molar-refractivity contribution in [3.05, 3.63) is 53.6 Å². The largest absolute Gasteiger partial charge is 0.493 e. The summed E-state index contributed by atoms with van der Waals surface area (Å²) >= 11 is 0. The standard InChI is InChI=1S/C28H37N3O2/c1-2-33-27-10-6-5-9-26(27)23-11-12-24-20-29(14-13-22(24)19-23)21-28(32)31-17-15-30(16-18-31)25-7-3-4-8-25/h5-6,9-12,19,25H,2-4,7-8,13-18,20-21H2,1H3. The number of carbonyl (C=O) groups excluding carboxylic acids is 1. The number of hydrogen-bond acceptors (Lipinski definition) is 4. The summed E-state index contributed by atoms with van der Waals surface area (Å²) < 4.78 is 5.84. The molecule has 2 aromatic rings. The van der Waals surface area contributed by atoms with Crippen molar-refractivity contribution >= 4 is 5.91 Å². The zero-order valence-electron chi connectivity index (χ0n) is 20.0. The lowest BCUT2D eigenvalue weighted by molar-refractivity contribution is -0.134. The van der Waals surface area contributed by atoms with E-state index in [1.54, 1.807) is 0 Å². The lowest BCUT2D eigenvalue weighted by Crippen LogP contribution is -2.53. The van der Waals surface area contributed by atoms with Gasteiger partial charge in [-0.1, -0.05) is 49.2 Å². The molecule has 1 saturated heterocycles. The molecule has 3 aliphatic rings. The predicted octanol–water partition coefficient (Wildman–Crippen LogP) is 4.20. The number of fused-ring (bicyclic) bond motifs is 1. The van der Waals surface area contributed by atoms with Crippen LogP contribution in [0.15, 0.2) is 42.5 Å². The highest BCUT2D eigenvalue weighted by atomic mass is 16.5. The van der Waals surface area contributed by atoms with Crippen LogP contribution < -0.4 is 4.74 Å². The van der Waals surface area contributed by atoms with Crippen molar-refractivity contribution in [3.63, 3.8) is 0 Å². The van der Waals surface area contributed by atoms with Crippen LogP contribution in [0.3, 0.4) is 0 Å². The number of amides is 1. The third-order valence-corrected chi connectivity index (χ3v) is 7.66. The van der Waals surface area contributed by atoms with Crippen molar-refractivity contribution < 1.29 is 9.53 Å². The molecule has 0 radical (unpaired) electrons. The van der Waals surface area contributed by atoms with Gasteiger partial charge in [0.1, 0.15) is 5.75 Å². The lowest BCUT2D eigenvalue weighted by atomic mass is 9.94. The van der Waals surface area contributed by atoms with Crippen LogP contribution in [0, 0.1) is 0 Å². The van der Waals surface area contributed by atoms with Crippen LogP contribution in [-0.4, -0.2) is 72.5 Å². The Morgan fingerprint density at radius 2 is 1.76 bits per heavy atom. The molecule has 5 rings (SSSR count). The third kappa shape index (κ3) is 5.10. The zero-order chi connectivity index (χ0) is 22.6. The van der Waals surface area contributed by atoms with Crippen LogP contribution in [0.25, 0.3) is 11.1 Å². The third-order valence-electron chi connectivity index (χ3n) is 7.66. The van der Waals surface area contributed by atoms with E-state index in [4.69, 9.17) is 4.74 Å². The van der Waals surface area contributed by atoms with E-state index in [1.165, 1.54) is 42.4 Å². The predicted molar refractivity (Wildman–Crippen MR) is 132 cm³/mol. The van der Waals surface area contributed by atoms with E-state index in [9.17, 15) is 4.79 Å². The summed E-state index contributed by atoms with van der Waals surface area (Å²) in [6.45, 7) is 8.91. The minimum atomic E-state index is 0.298. The Morgan fingerprint density at radius 3 is 2.55 bits per heavy atom. The first-order valence-electron chi connectivity index (χ1n) is 12.8. The number of para-hydroxylation sites is 1. The Labute approximate surface area is 198 Å². The summed E-state index contributed by atoms with van der Waals surface area (Å²) in [5.74, 6) is 1.24. The van der Waals surface area contributed by atoms with Crippen LogP contribution in [0.2, 0.25) is 0 Å². The van der Waals surface area contributed by atoms with E-state index in [1.807, 2.05) is 19.1 Å². The number of rotatable bonds is 6. The Hall–Kier alpha value is -2.37. The molecular weight excluding hydrogens is 410 g/mol. The molecule has 1 saturated carbocycles. The molecule has 0 aromatic heterocycles. The molecule has 0 spiro atoms. The van der Waals surface area contributed by atoms with E-state index < -0.39 is 0 Å². The van der Waals surface area contributed by atoms with Crippen LogP contribution in [0.4, 0.5) is 0 Å². The number of benzene rings is 2. The van der Waals surface area contributed by atoms with Gasteiger partial charge in [-0.2, -0.15) is 0 Å². The molecule has 2 aliphatic heterocycles. The molecule has 1 amide bonds. The maximum absolute atomic E-state index is 13.0. The molecule has 5 nitrogen and oxygen atoms in total. The Kier molecular flexibility index (Phi) is 6.98. The average Bonchev–Trinajstić information content (AvgIpc) is 3.39. The van der Waals surface area contributed by atoms with Gasteiger partial charge in [0.15, 0.2) is 0 Å². The molecule has 1 aliphatic carbocycles. The van der Waals surface area contributed by atoms with Crippen molar-refractivity contribution in [2.45, 2.75) is 51.6 Å². The zero-order valence-corrected chi connectivity index (χ0v) is 20.0. The van der Waals surface area contributed by atoms with Crippen LogP contribution in [-0.2, 0) is 17.8 Å². The van der Waals surface area contributed by atoms with Gasteiger partial charge in [-0.3, -0.25) is 14.6 Å². The van der Waals surface area contributed by atoms with Crippen molar-refractivity contribution in [2.24, 2.45) is 0 Å². The monoisotopic (exact) mass is 447 g/mol. The first-order valence-corrected chi connectivity index (χ1v) is 12.8. The normalized spacial score (nSPS) is 20.1. The van der Waals surface area contributed by atoms with Gasteiger partial charge in [-0.25, -0.2) is 0 Å². The SMILES string of the molecule is CCOc1ccccc1-c1ccc2c(c1)CCN(CC(=O)N1CCN(C3CCCC3)CC1)C2. The highest BCUT2D eigenvalue weighted by Crippen LogP contribution is 2.32. The first-order chi connectivity index (χ1) is 16.2. The molecule has 0 N–H and O–H groups in total. The fourth-order valence-corrected chi connectivity index (χ4v) is 5.80. The van der Waals surface area contributed by atoms with Crippen LogP contribution >= 0.6 is 0 Å². The summed E-state index contributed by atoms with van der Waals surface area (Å²) in [5, 5.41) is 0. The summed E-state index contributed by atoms with van der Waals surface area (Å²) in [6.07, 6.45) is 6.43. The van der Waals surface area contributed by atoms with Gasteiger partial charge in [0.05, 0.1) is 13.2 Å². The van der Waals surface area contributed by atoms with Crippen molar-refractivity contribution in [3.8, 4) is 16.9 Å². The highest BCUT2D eigenvalue weighted by molar-refractivity contribution is 5.78. The van der Waals surface area contributed by atoms with Crippen LogP contribution in [0.1, 0.15) is 43.7 Å². The molecule has 33 heavy (non-hydrogen) atoms. The second kappa shape index (κ2) is 10.3. The Bertz CT molecular complexity index is 961. The number of nitrogens with zero attached hydrogens (tertiary/aromatic N) is 3. The Morgan fingerprint density at radius 1 is 0.970 bits per heavy atom. The van der Waals surface area contributed by atoms with Gasteiger partial charge in [-0.05, 0) is 48.9 Å². The fourth-order valence-electron chi connectivity index (χ4n) is 5.80. The molecule has 2 fully saturated rings. The minimum Gasteiger partial charge on any atom is -0.493 e. The van der Waals surface area contributed by atoms with E-state index in [2.05, 4.69) is 45.0 Å². The molecule has 5 heteroatoms. The van der Waals surface area contributed by atoms with E-state index in [0.29, 0.717) is 19.1 Å². The van der Waals surface area contributed by atoms with Crippen molar-refractivity contribution in [2.75, 3.05) is 45.9 Å². The van der Waals surface area contributed by atoms with Crippen molar-refractivity contribution in [1.29, 1.82) is 0 Å². The maximum Gasteiger partial charge on any atom is 0.236 e. The van der Waals surface area contributed by atoms with Gasteiger partial charge in [0.25, 0.3) is 0 Å². The summed E-state index contributed by atoms with van der Waals surface area (Å²) in [6, 6.07) is 15.8. The average molecular weight is 448 g/mol. The maximum atomic E-state index is 13.0. The summed E-state index contributed by atoms with van der Waals surface area (Å²) in [5.41, 5.74) is 5.10. The Balaban J connectivity index is 1.18. The minimum absolute atomic E-state index is 0.298. The summed E-state index contributed by atoms with van der Waals surface area (Å²) in [4.78, 5) is 20.0. The van der Waals surface area contributed by atoms with Gasteiger partial charge < -0.3 is 9.64 Å². The van der Waals surface area contributed by atoms with Gasteiger partial charge in [-0.15, -0.1) is 0 Å². The quantitative estimate of drug-likeness (QED) is 0.665. The van der Waals surface area contributed by atoms with E-state index >= 15 is 0 Å². The van der Waals surface area contributed by atoms with E-state index in [0.717, 1.165) is 63.0 Å².